The van der Waals surface area contributed by atoms with Gasteiger partial charge in [0, 0.05) is 38.3 Å². The molecule has 0 saturated heterocycles. The average Bonchev–Trinajstić information content (AvgIpc) is 4.00. The van der Waals surface area contributed by atoms with Crippen LogP contribution in [-0.2, 0) is 5.41 Å². The molecule has 0 N–H and O–H groups in total. The fourth-order valence-corrected chi connectivity index (χ4v) is 11.2. The second-order valence-electron chi connectivity index (χ2n) is 20.0. The highest BCUT2D eigenvalue weighted by molar-refractivity contribution is 6.11. The molecule has 10 aromatic carbocycles. The fourth-order valence-electron chi connectivity index (χ4n) is 11.2. The predicted octanol–water partition coefficient (Wildman–Crippen LogP) is 18.5. The van der Waals surface area contributed by atoms with Gasteiger partial charge in [-0.05, 0) is 141 Å². The van der Waals surface area contributed by atoms with E-state index in [1.807, 2.05) is 0 Å². The third kappa shape index (κ3) is 7.34. The maximum absolute atomic E-state index is 2.39. The Bertz CT molecular complexity index is 3830. The van der Waals surface area contributed by atoms with Crippen LogP contribution in [0.2, 0.25) is 0 Å². The van der Waals surface area contributed by atoms with Crippen molar-refractivity contribution in [1.82, 2.24) is 9.13 Å². The summed E-state index contributed by atoms with van der Waals surface area (Å²) in [4.78, 5) is 0. The Balaban J connectivity index is 0.709. The topological polar surface area (TPSA) is 9.86 Å². The molecule has 0 amide bonds. The van der Waals surface area contributed by atoms with E-state index in [9.17, 15) is 0 Å². The summed E-state index contributed by atoms with van der Waals surface area (Å²) in [6.07, 6.45) is 8.98. The number of hydrogen-bond donors (Lipinski definition) is 0. The zero-order chi connectivity index (χ0) is 47.8. The highest BCUT2D eigenvalue weighted by atomic mass is 15.0. The van der Waals surface area contributed by atoms with Crippen molar-refractivity contribution in [3.63, 3.8) is 0 Å². The van der Waals surface area contributed by atoms with E-state index < -0.39 is 0 Å². The van der Waals surface area contributed by atoms with E-state index in [4.69, 9.17) is 0 Å². The highest BCUT2D eigenvalue weighted by Gasteiger charge is 2.35. The monoisotopic (exact) mass is 908 g/mol. The largest absolute Gasteiger partial charge is 0.309 e. The van der Waals surface area contributed by atoms with E-state index in [1.54, 1.807) is 0 Å². The molecule has 71 heavy (non-hydrogen) atoms. The summed E-state index contributed by atoms with van der Waals surface area (Å²) < 4.78 is 4.76. The molecule has 2 heterocycles. The molecule has 0 fully saturated rings. The molecule has 0 saturated carbocycles. The molecule has 2 heteroatoms. The standard InChI is InChI=1S/C69H52N2/c1-45-13-33-55(34-14-45)70-65-11-7-5-9-59(65)61-43-53(31-39-67(61)70)51-27-21-47(22-28-51)17-19-49-25-37-57-58-38-26-50(42-64(58)69(3,4)63(57)41-49)20-18-48-23-29-52(30-24-48)54-32-40-68-62(44-54)60-10-6-8-12-66(60)71(68)56-35-15-46(2)16-36-56/h5-44H,1-4H3/b19-17+,20-18+. The second-order valence-corrected chi connectivity index (χ2v) is 20.0. The summed E-state index contributed by atoms with van der Waals surface area (Å²) in [6, 6.07) is 80.7. The molecule has 338 valence electrons. The number of hydrogen-bond acceptors (Lipinski definition) is 0. The molecule has 2 aromatic heterocycles. The van der Waals surface area contributed by atoms with Crippen molar-refractivity contribution < 1.29 is 0 Å². The molecular weight excluding hydrogens is 857 g/mol. The van der Waals surface area contributed by atoms with Crippen LogP contribution in [0.1, 0.15) is 58.4 Å². The third-order valence-corrected chi connectivity index (χ3v) is 15.1. The molecular formula is C69H52N2. The van der Waals surface area contributed by atoms with Crippen molar-refractivity contribution in [3.05, 3.63) is 263 Å². The van der Waals surface area contributed by atoms with Crippen LogP contribution in [0.4, 0.5) is 0 Å². The van der Waals surface area contributed by atoms with Crippen LogP contribution in [0.3, 0.4) is 0 Å². The zero-order valence-electron chi connectivity index (χ0n) is 40.5. The number of aryl methyl sites for hydroxylation is 2. The minimum atomic E-state index is -0.122. The van der Waals surface area contributed by atoms with Gasteiger partial charge in [0.1, 0.15) is 0 Å². The summed E-state index contributed by atoms with van der Waals surface area (Å²) in [5, 5.41) is 5.07. The van der Waals surface area contributed by atoms with Gasteiger partial charge in [-0.15, -0.1) is 0 Å². The number of aromatic nitrogens is 2. The van der Waals surface area contributed by atoms with Crippen LogP contribution in [0.15, 0.2) is 218 Å². The van der Waals surface area contributed by atoms with E-state index in [2.05, 4.69) is 280 Å². The summed E-state index contributed by atoms with van der Waals surface area (Å²) in [7, 11) is 0. The molecule has 0 bridgehead atoms. The van der Waals surface area contributed by atoms with Crippen molar-refractivity contribution in [1.29, 1.82) is 0 Å². The normalized spacial score (nSPS) is 13.1. The smallest absolute Gasteiger partial charge is 0.0541 e. The number of fused-ring (bicyclic) bond motifs is 9. The van der Waals surface area contributed by atoms with Crippen molar-refractivity contribution in [2.75, 3.05) is 0 Å². The quantitative estimate of drug-likeness (QED) is 0.134. The molecule has 0 spiro atoms. The minimum Gasteiger partial charge on any atom is -0.309 e. The summed E-state index contributed by atoms with van der Waals surface area (Å²) >= 11 is 0. The maximum Gasteiger partial charge on any atom is 0.0541 e. The van der Waals surface area contributed by atoms with E-state index in [0.29, 0.717) is 0 Å². The molecule has 2 nitrogen and oxygen atoms in total. The van der Waals surface area contributed by atoms with E-state index in [1.165, 1.54) is 133 Å². The second kappa shape index (κ2) is 16.8. The van der Waals surface area contributed by atoms with Crippen LogP contribution in [0.5, 0.6) is 0 Å². The lowest BCUT2D eigenvalue weighted by Gasteiger charge is -2.22. The fraction of sp³-hybridized carbons (Fsp3) is 0.0725. The van der Waals surface area contributed by atoms with Crippen molar-refractivity contribution >= 4 is 67.9 Å². The molecule has 0 radical (unpaired) electrons. The minimum absolute atomic E-state index is 0.122. The Morgan fingerprint density at radius 2 is 0.662 bits per heavy atom. The molecule has 0 aliphatic heterocycles. The molecule has 1 aliphatic rings. The molecule has 0 atom stereocenters. The Hall–Kier alpha value is -8.72. The maximum atomic E-state index is 2.39. The van der Waals surface area contributed by atoms with Gasteiger partial charge in [-0.2, -0.15) is 0 Å². The van der Waals surface area contributed by atoms with E-state index in [0.717, 1.165) is 0 Å². The lowest BCUT2D eigenvalue weighted by atomic mass is 9.81. The van der Waals surface area contributed by atoms with Crippen LogP contribution < -0.4 is 0 Å². The first-order chi connectivity index (χ1) is 34.7. The van der Waals surface area contributed by atoms with Gasteiger partial charge >= 0.3 is 0 Å². The highest BCUT2D eigenvalue weighted by Crippen LogP contribution is 2.49. The first-order valence-corrected chi connectivity index (χ1v) is 24.8. The number of nitrogens with zero attached hydrogens (tertiary/aromatic N) is 2. The Kier molecular flexibility index (Phi) is 10.0. The Labute approximate surface area is 415 Å². The summed E-state index contributed by atoms with van der Waals surface area (Å²) in [6.45, 7) is 9.01. The van der Waals surface area contributed by atoms with Gasteiger partial charge in [-0.3, -0.25) is 0 Å². The van der Waals surface area contributed by atoms with Crippen LogP contribution >= 0.6 is 0 Å². The van der Waals surface area contributed by atoms with Crippen LogP contribution in [0, 0.1) is 13.8 Å². The van der Waals surface area contributed by atoms with Gasteiger partial charge in [0.05, 0.1) is 22.1 Å². The van der Waals surface area contributed by atoms with Crippen molar-refractivity contribution in [2.24, 2.45) is 0 Å². The van der Waals surface area contributed by atoms with Crippen LogP contribution in [-0.4, -0.2) is 9.13 Å². The zero-order valence-corrected chi connectivity index (χ0v) is 40.5. The Morgan fingerprint density at radius 3 is 1.08 bits per heavy atom. The Morgan fingerprint density at radius 1 is 0.310 bits per heavy atom. The molecule has 13 rings (SSSR count). The molecule has 12 aromatic rings. The summed E-state index contributed by atoms with van der Waals surface area (Å²) in [5.41, 5.74) is 24.7. The average molecular weight is 909 g/mol. The van der Waals surface area contributed by atoms with Gasteiger partial charge in [-0.25, -0.2) is 0 Å². The number of rotatable bonds is 8. The first-order valence-electron chi connectivity index (χ1n) is 24.8. The first kappa shape index (κ1) is 42.4. The molecule has 1 aliphatic carbocycles. The lowest BCUT2D eigenvalue weighted by Crippen LogP contribution is -2.15. The van der Waals surface area contributed by atoms with Crippen molar-refractivity contribution in [2.45, 2.75) is 33.1 Å². The van der Waals surface area contributed by atoms with Crippen LogP contribution in [0.25, 0.3) is 113 Å². The third-order valence-electron chi connectivity index (χ3n) is 15.1. The van der Waals surface area contributed by atoms with Gasteiger partial charge in [0.15, 0.2) is 0 Å². The predicted molar refractivity (Wildman–Crippen MR) is 304 cm³/mol. The number of benzene rings is 10. The van der Waals surface area contributed by atoms with Crippen molar-refractivity contribution in [3.8, 4) is 44.8 Å². The van der Waals surface area contributed by atoms with Gasteiger partial charge in [0.25, 0.3) is 0 Å². The van der Waals surface area contributed by atoms with Gasteiger partial charge in [0.2, 0.25) is 0 Å². The van der Waals surface area contributed by atoms with Gasteiger partial charge < -0.3 is 9.13 Å². The molecule has 0 unspecified atom stereocenters. The summed E-state index contributed by atoms with van der Waals surface area (Å²) in [5.74, 6) is 0. The SMILES string of the molecule is Cc1ccc(-n2c3ccccc3c3cc(-c4ccc(/C=C/c5ccc6c(c5)C(C)(C)c5cc(/C=C/c7ccc(-c8ccc9c(c8)c8ccccc8n9-c8ccc(C)cc8)cc7)ccc5-6)cc4)ccc32)cc1. The number of para-hydroxylation sites is 2. The van der Waals surface area contributed by atoms with Gasteiger partial charge in [-0.1, -0.05) is 207 Å². The van der Waals surface area contributed by atoms with E-state index >= 15 is 0 Å². The van der Waals surface area contributed by atoms with E-state index in [-0.39, 0.29) is 5.41 Å². The lowest BCUT2D eigenvalue weighted by molar-refractivity contribution is 0.660.